The molecule has 0 fully saturated rings. The lowest BCUT2D eigenvalue weighted by atomic mass is 10.2. The van der Waals surface area contributed by atoms with Gasteiger partial charge in [-0.2, -0.15) is 0 Å². The minimum Gasteiger partial charge on any atom is -0.351 e. The molecule has 0 spiro atoms. The third-order valence-corrected chi connectivity index (χ3v) is 6.54. The third kappa shape index (κ3) is 5.24. The van der Waals surface area contributed by atoms with Crippen molar-refractivity contribution in [3.8, 4) is 0 Å². The van der Waals surface area contributed by atoms with Crippen LogP contribution in [-0.4, -0.2) is 20.1 Å². The molecule has 2 aromatic rings. The smallest absolute Gasteiger partial charge is 0.247 e. The number of amides is 1. The maximum Gasteiger partial charge on any atom is 0.247 e. The Labute approximate surface area is 142 Å². The molecule has 0 aliphatic heterocycles. The first-order valence-electron chi connectivity index (χ1n) is 6.73. The van der Waals surface area contributed by atoms with Crippen LogP contribution in [0.25, 0.3) is 0 Å². The molecule has 124 valence electrons. The van der Waals surface area contributed by atoms with Crippen LogP contribution in [-0.2, 0) is 21.4 Å². The Hall–Kier alpha value is -1.55. The molecule has 0 unspecified atom stereocenters. The van der Waals surface area contributed by atoms with Gasteiger partial charge in [-0.15, -0.1) is 22.7 Å². The highest BCUT2D eigenvalue weighted by Crippen LogP contribution is 2.20. The number of hydrogen-bond acceptors (Lipinski definition) is 6. The van der Waals surface area contributed by atoms with Crippen molar-refractivity contribution in [2.75, 3.05) is 0 Å². The number of Topliss-reactive ketones (excluding diaryl/α,β-unsaturated/α-hetero) is 1. The van der Waals surface area contributed by atoms with E-state index < -0.39 is 10.0 Å². The number of carbonyl (C=O) groups is 2. The van der Waals surface area contributed by atoms with E-state index in [0.717, 1.165) is 16.2 Å². The van der Waals surface area contributed by atoms with Crippen molar-refractivity contribution in [3.05, 3.63) is 38.9 Å². The van der Waals surface area contributed by atoms with Gasteiger partial charge in [0.15, 0.2) is 5.78 Å². The highest BCUT2D eigenvalue weighted by atomic mass is 32.2. The van der Waals surface area contributed by atoms with Gasteiger partial charge in [0.1, 0.15) is 4.21 Å². The number of sulfonamides is 1. The first kappa shape index (κ1) is 17.8. The van der Waals surface area contributed by atoms with Gasteiger partial charge >= 0.3 is 0 Å². The summed E-state index contributed by atoms with van der Waals surface area (Å²) in [6.45, 7) is 2.14. The van der Waals surface area contributed by atoms with E-state index in [2.05, 4.69) is 5.32 Å². The fourth-order valence-corrected chi connectivity index (χ4v) is 4.37. The number of thiophene rings is 2. The first-order valence-corrected chi connectivity index (χ1v) is 9.91. The van der Waals surface area contributed by atoms with Crippen LogP contribution in [0, 0.1) is 6.92 Å². The van der Waals surface area contributed by atoms with Crippen LogP contribution in [0.4, 0.5) is 0 Å². The zero-order chi connectivity index (χ0) is 17.0. The molecular formula is C14H16N2O4S3. The van der Waals surface area contributed by atoms with E-state index >= 15 is 0 Å². The van der Waals surface area contributed by atoms with E-state index in [0.29, 0.717) is 9.75 Å². The van der Waals surface area contributed by atoms with Crippen LogP contribution in [0.15, 0.2) is 28.5 Å². The lowest BCUT2D eigenvalue weighted by molar-refractivity contribution is -0.121. The van der Waals surface area contributed by atoms with Crippen LogP contribution in [0.5, 0.6) is 0 Å². The van der Waals surface area contributed by atoms with Gasteiger partial charge in [-0.25, -0.2) is 13.6 Å². The number of carbonyl (C=O) groups excluding carboxylic acids is 2. The minimum absolute atomic E-state index is 0.0501. The predicted molar refractivity (Wildman–Crippen MR) is 90.2 cm³/mol. The number of nitrogens with one attached hydrogen (secondary N) is 1. The highest BCUT2D eigenvalue weighted by molar-refractivity contribution is 7.91. The van der Waals surface area contributed by atoms with Gasteiger partial charge in [-0.1, -0.05) is 0 Å². The number of nitrogens with two attached hydrogens (primary N) is 1. The molecule has 0 atom stereocenters. The van der Waals surface area contributed by atoms with Gasteiger partial charge in [0.2, 0.25) is 15.9 Å². The lowest BCUT2D eigenvalue weighted by Gasteiger charge is -2.02. The normalized spacial score (nSPS) is 11.4. The number of aryl methyl sites for hydroxylation is 1. The van der Waals surface area contributed by atoms with Crippen molar-refractivity contribution in [1.29, 1.82) is 0 Å². The van der Waals surface area contributed by atoms with Gasteiger partial charge in [-0.05, 0) is 31.2 Å². The molecule has 0 saturated heterocycles. The molecule has 0 saturated carbocycles. The maximum absolute atomic E-state index is 11.9. The molecule has 1 amide bonds. The number of ketones is 1. The van der Waals surface area contributed by atoms with Crippen molar-refractivity contribution in [2.45, 2.75) is 30.5 Å². The highest BCUT2D eigenvalue weighted by Gasteiger charge is 2.13. The van der Waals surface area contributed by atoms with Gasteiger partial charge in [0, 0.05) is 22.6 Å². The topological polar surface area (TPSA) is 106 Å². The van der Waals surface area contributed by atoms with Crippen molar-refractivity contribution < 1.29 is 18.0 Å². The van der Waals surface area contributed by atoms with Gasteiger partial charge in [0.25, 0.3) is 0 Å². The average Bonchev–Trinajstić information content (AvgIpc) is 3.10. The summed E-state index contributed by atoms with van der Waals surface area (Å²) < 4.78 is 22.4. The molecule has 3 N–H and O–H groups in total. The molecule has 2 heterocycles. The van der Waals surface area contributed by atoms with Gasteiger partial charge in [0.05, 0.1) is 11.4 Å². The second-order valence-electron chi connectivity index (χ2n) is 4.88. The van der Waals surface area contributed by atoms with Crippen molar-refractivity contribution in [1.82, 2.24) is 5.32 Å². The molecule has 0 bridgehead atoms. The maximum atomic E-state index is 11.9. The monoisotopic (exact) mass is 372 g/mol. The van der Waals surface area contributed by atoms with Gasteiger partial charge in [-0.3, -0.25) is 9.59 Å². The Morgan fingerprint density at radius 3 is 2.43 bits per heavy atom. The van der Waals surface area contributed by atoms with Crippen molar-refractivity contribution in [2.24, 2.45) is 5.14 Å². The summed E-state index contributed by atoms with van der Waals surface area (Å²) in [6.07, 6.45) is 0.252. The molecule has 9 heteroatoms. The Morgan fingerprint density at radius 2 is 1.87 bits per heavy atom. The molecule has 6 nitrogen and oxygen atoms in total. The molecule has 0 aromatic carbocycles. The zero-order valence-electron chi connectivity index (χ0n) is 12.4. The van der Waals surface area contributed by atoms with Crippen LogP contribution >= 0.6 is 22.7 Å². The van der Waals surface area contributed by atoms with E-state index in [-0.39, 0.29) is 35.3 Å². The second-order valence-corrected chi connectivity index (χ2v) is 9.12. The van der Waals surface area contributed by atoms with E-state index in [4.69, 9.17) is 5.14 Å². The van der Waals surface area contributed by atoms with Crippen LogP contribution in [0.1, 0.15) is 32.3 Å². The minimum atomic E-state index is -3.71. The Bertz CT molecular complexity index is 821. The fourth-order valence-electron chi connectivity index (χ4n) is 1.81. The molecule has 2 aromatic heterocycles. The first-order chi connectivity index (χ1) is 10.8. The van der Waals surface area contributed by atoms with Crippen LogP contribution < -0.4 is 10.5 Å². The quantitative estimate of drug-likeness (QED) is 0.725. The fraction of sp³-hybridized carbons (Fsp3) is 0.286. The number of primary sulfonamides is 1. The molecular weight excluding hydrogens is 356 g/mol. The Morgan fingerprint density at radius 1 is 1.13 bits per heavy atom. The SMILES string of the molecule is Cc1ccc(C(=O)CCC(=O)NCc2ccc(S(N)(=O)=O)s2)s1. The van der Waals surface area contributed by atoms with Crippen molar-refractivity contribution >= 4 is 44.4 Å². The molecule has 0 aliphatic carbocycles. The summed E-state index contributed by atoms with van der Waals surface area (Å²) in [5, 5.41) is 7.69. The standard InChI is InChI=1S/C14H16N2O4S3/c1-9-2-5-12(21-9)11(17)4-6-13(18)16-8-10-3-7-14(22-10)23(15,19)20/h2-3,5,7H,4,6,8H2,1H3,(H,16,18)(H2,15,19,20). The summed E-state index contributed by atoms with van der Waals surface area (Å²) in [4.78, 5) is 26.1. The molecule has 2 rings (SSSR count). The van der Waals surface area contributed by atoms with Crippen molar-refractivity contribution in [3.63, 3.8) is 0 Å². The third-order valence-electron chi connectivity index (χ3n) is 2.97. The second kappa shape index (κ2) is 7.35. The zero-order valence-corrected chi connectivity index (χ0v) is 14.8. The van der Waals surface area contributed by atoms with Crippen LogP contribution in [0.2, 0.25) is 0 Å². The average molecular weight is 372 g/mol. The van der Waals surface area contributed by atoms with Gasteiger partial charge < -0.3 is 5.32 Å². The Balaban J connectivity index is 1.79. The summed E-state index contributed by atoms with van der Waals surface area (Å²) in [5.74, 6) is -0.303. The lowest BCUT2D eigenvalue weighted by Crippen LogP contribution is -2.22. The van der Waals surface area contributed by atoms with E-state index in [1.807, 2.05) is 13.0 Å². The number of hydrogen-bond donors (Lipinski definition) is 2. The summed E-state index contributed by atoms with van der Waals surface area (Å²) in [6, 6.07) is 6.65. The summed E-state index contributed by atoms with van der Waals surface area (Å²) in [5.41, 5.74) is 0. The molecule has 23 heavy (non-hydrogen) atoms. The van der Waals surface area contributed by atoms with E-state index in [1.54, 1.807) is 12.1 Å². The summed E-state index contributed by atoms with van der Waals surface area (Å²) >= 11 is 2.43. The molecule has 0 aliphatic rings. The van der Waals surface area contributed by atoms with Crippen LogP contribution in [0.3, 0.4) is 0 Å². The summed E-state index contributed by atoms with van der Waals surface area (Å²) in [7, 11) is -3.71. The molecule has 0 radical (unpaired) electrons. The Kier molecular flexibility index (Phi) is 5.69. The number of rotatable bonds is 7. The van der Waals surface area contributed by atoms with E-state index in [9.17, 15) is 18.0 Å². The largest absolute Gasteiger partial charge is 0.351 e. The van der Waals surface area contributed by atoms with E-state index in [1.165, 1.54) is 17.4 Å². The predicted octanol–water partition coefficient (Wildman–Crippen LogP) is 2.04.